The number of nitrogens with one attached hydrogen (secondary N) is 1. The molecule has 2 rings (SSSR count). The van der Waals surface area contributed by atoms with Gasteiger partial charge in [-0.2, -0.15) is 0 Å². The molecule has 0 amide bonds. The fraction of sp³-hybridized carbons (Fsp3) is 0.684. The summed E-state index contributed by atoms with van der Waals surface area (Å²) in [6, 6.07) is 11.0. The molecule has 2 heteroatoms. The van der Waals surface area contributed by atoms with Crippen LogP contribution in [0.1, 0.15) is 39.2 Å². The molecule has 0 atom stereocenters. The van der Waals surface area contributed by atoms with Gasteiger partial charge in [0.2, 0.25) is 0 Å². The number of benzene rings is 1. The van der Waals surface area contributed by atoms with Crippen LogP contribution in [-0.4, -0.2) is 37.6 Å². The summed E-state index contributed by atoms with van der Waals surface area (Å²) in [4.78, 5) is 2.67. The molecule has 1 saturated heterocycles. The fourth-order valence-corrected chi connectivity index (χ4v) is 3.42. The molecule has 0 aromatic heterocycles. The molecular formula is C19H32N2. The van der Waals surface area contributed by atoms with Crippen LogP contribution in [0, 0.1) is 11.3 Å². The summed E-state index contributed by atoms with van der Waals surface area (Å²) < 4.78 is 0. The first kappa shape index (κ1) is 16.5. The molecule has 1 heterocycles. The lowest BCUT2D eigenvalue weighted by molar-refractivity contribution is 0.127. The van der Waals surface area contributed by atoms with Crippen molar-refractivity contribution < 1.29 is 0 Å². The average molecular weight is 288 g/mol. The van der Waals surface area contributed by atoms with Gasteiger partial charge in [-0.05, 0) is 55.8 Å². The van der Waals surface area contributed by atoms with Gasteiger partial charge in [0.1, 0.15) is 0 Å². The van der Waals surface area contributed by atoms with Gasteiger partial charge in [-0.1, -0.05) is 51.1 Å². The zero-order valence-corrected chi connectivity index (χ0v) is 14.1. The van der Waals surface area contributed by atoms with Gasteiger partial charge in [0.15, 0.2) is 0 Å². The third-order valence-electron chi connectivity index (χ3n) is 4.58. The van der Waals surface area contributed by atoms with Gasteiger partial charge in [-0.25, -0.2) is 0 Å². The second kappa shape index (κ2) is 7.95. The molecule has 0 spiro atoms. The van der Waals surface area contributed by atoms with Crippen LogP contribution in [0.2, 0.25) is 0 Å². The van der Waals surface area contributed by atoms with Crippen molar-refractivity contribution in [2.45, 2.75) is 40.0 Å². The smallest absolute Gasteiger partial charge is 0.00448 e. The van der Waals surface area contributed by atoms with Crippen molar-refractivity contribution in [1.82, 2.24) is 10.2 Å². The van der Waals surface area contributed by atoms with Crippen molar-refractivity contribution in [2.24, 2.45) is 11.3 Å². The summed E-state index contributed by atoms with van der Waals surface area (Å²) in [5.41, 5.74) is 1.88. The maximum absolute atomic E-state index is 3.49. The topological polar surface area (TPSA) is 15.3 Å². The van der Waals surface area contributed by atoms with Crippen LogP contribution in [0.5, 0.6) is 0 Å². The monoisotopic (exact) mass is 288 g/mol. The highest BCUT2D eigenvalue weighted by Gasteiger charge is 2.25. The lowest BCUT2D eigenvalue weighted by Crippen LogP contribution is -2.44. The van der Waals surface area contributed by atoms with E-state index in [2.05, 4.69) is 61.3 Å². The molecular weight excluding hydrogens is 256 g/mol. The summed E-state index contributed by atoms with van der Waals surface area (Å²) in [5, 5.41) is 3.49. The Bertz CT molecular complexity index is 391. The van der Waals surface area contributed by atoms with Crippen molar-refractivity contribution in [1.29, 1.82) is 0 Å². The standard InChI is InChI=1S/C19H32N2/c1-4-20-15-19(2,3)16-21-12-10-18(11-13-21)14-17-8-6-5-7-9-17/h5-9,18,20H,4,10-16H2,1-3H3. The third-order valence-corrected chi connectivity index (χ3v) is 4.58. The Morgan fingerprint density at radius 3 is 2.43 bits per heavy atom. The number of piperidine rings is 1. The molecule has 0 unspecified atom stereocenters. The van der Waals surface area contributed by atoms with Crippen LogP contribution in [0.3, 0.4) is 0 Å². The van der Waals surface area contributed by atoms with E-state index in [-0.39, 0.29) is 0 Å². The lowest BCUT2D eigenvalue weighted by atomic mass is 9.87. The summed E-state index contributed by atoms with van der Waals surface area (Å²) in [7, 11) is 0. The van der Waals surface area contributed by atoms with Crippen molar-refractivity contribution >= 4 is 0 Å². The highest BCUT2D eigenvalue weighted by atomic mass is 15.1. The van der Waals surface area contributed by atoms with E-state index in [9.17, 15) is 0 Å². The van der Waals surface area contributed by atoms with Gasteiger partial charge < -0.3 is 10.2 Å². The first-order chi connectivity index (χ1) is 10.1. The molecule has 0 radical (unpaired) electrons. The number of hydrogen-bond acceptors (Lipinski definition) is 2. The molecule has 0 saturated carbocycles. The molecule has 1 aliphatic rings. The SMILES string of the molecule is CCNCC(C)(C)CN1CCC(Cc2ccccc2)CC1. The van der Waals surface area contributed by atoms with Crippen LogP contribution in [-0.2, 0) is 6.42 Å². The van der Waals surface area contributed by atoms with E-state index in [1.54, 1.807) is 0 Å². The quantitative estimate of drug-likeness (QED) is 0.825. The Balaban J connectivity index is 1.73. The van der Waals surface area contributed by atoms with Gasteiger partial charge in [-0.15, -0.1) is 0 Å². The molecule has 0 bridgehead atoms. The number of hydrogen-bond donors (Lipinski definition) is 1. The second-order valence-electron chi connectivity index (χ2n) is 7.35. The van der Waals surface area contributed by atoms with Crippen LogP contribution >= 0.6 is 0 Å². The minimum absolute atomic E-state index is 0.377. The fourth-order valence-electron chi connectivity index (χ4n) is 3.42. The van der Waals surface area contributed by atoms with Crippen LogP contribution in [0.15, 0.2) is 30.3 Å². The molecule has 1 fully saturated rings. The summed E-state index contributed by atoms with van der Waals surface area (Å²) in [6.45, 7) is 12.9. The van der Waals surface area contributed by atoms with E-state index in [1.807, 2.05) is 0 Å². The Kier molecular flexibility index (Phi) is 6.25. The van der Waals surface area contributed by atoms with Crippen LogP contribution in [0.25, 0.3) is 0 Å². The predicted molar refractivity (Wildman–Crippen MR) is 91.6 cm³/mol. The highest BCUT2D eigenvalue weighted by molar-refractivity contribution is 5.15. The molecule has 1 aromatic rings. The van der Waals surface area contributed by atoms with Crippen molar-refractivity contribution in [3.63, 3.8) is 0 Å². The number of nitrogens with zero attached hydrogens (tertiary/aromatic N) is 1. The number of likely N-dealkylation sites (tertiary alicyclic amines) is 1. The molecule has 1 aliphatic heterocycles. The Hall–Kier alpha value is -0.860. The van der Waals surface area contributed by atoms with Crippen LogP contribution in [0.4, 0.5) is 0 Å². The second-order valence-corrected chi connectivity index (χ2v) is 7.35. The van der Waals surface area contributed by atoms with Gasteiger partial charge in [-0.3, -0.25) is 0 Å². The summed E-state index contributed by atoms with van der Waals surface area (Å²) >= 11 is 0. The summed E-state index contributed by atoms with van der Waals surface area (Å²) in [6.07, 6.45) is 3.97. The van der Waals surface area contributed by atoms with Gasteiger partial charge in [0.25, 0.3) is 0 Å². The molecule has 1 N–H and O–H groups in total. The molecule has 1 aromatic carbocycles. The van der Waals surface area contributed by atoms with Crippen molar-refractivity contribution in [2.75, 3.05) is 32.7 Å². The summed E-state index contributed by atoms with van der Waals surface area (Å²) in [5.74, 6) is 0.875. The molecule has 0 aliphatic carbocycles. The first-order valence-corrected chi connectivity index (χ1v) is 8.56. The minimum Gasteiger partial charge on any atom is -0.316 e. The van der Waals surface area contributed by atoms with Gasteiger partial charge in [0.05, 0.1) is 0 Å². The predicted octanol–water partition coefficient (Wildman–Crippen LogP) is 3.58. The van der Waals surface area contributed by atoms with Crippen molar-refractivity contribution in [3.05, 3.63) is 35.9 Å². The zero-order valence-electron chi connectivity index (χ0n) is 14.1. The Labute approximate surface area is 130 Å². The molecule has 118 valence electrons. The van der Waals surface area contributed by atoms with Crippen molar-refractivity contribution in [3.8, 4) is 0 Å². The van der Waals surface area contributed by atoms with E-state index >= 15 is 0 Å². The van der Waals surface area contributed by atoms with E-state index in [0.717, 1.165) is 19.0 Å². The molecule has 21 heavy (non-hydrogen) atoms. The first-order valence-electron chi connectivity index (χ1n) is 8.56. The zero-order chi connectivity index (χ0) is 15.1. The van der Waals surface area contributed by atoms with E-state index in [1.165, 1.54) is 44.5 Å². The van der Waals surface area contributed by atoms with E-state index < -0.39 is 0 Å². The Morgan fingerprint density at radius 1 is 1.14 bits per heavy atom. The average Bonchev–Trinajstić information content (AvgIpc) is 2.48. The largest absolute Gasteiger partial charge is 0.316 e. The maximum atomic E-state index is 3.49. The van der Waals surface area contributed by atoms with E-state index in [4.69, 9.17) is 0 Å². The van der Waals surface area contributed by atoms with E-state index in [0.29, 0.717) is 5.41 Å². The maximum Gasteiger partial charge on any atom is 0.00448 e. The van der Waals surface area contributed by atoms with Gasteiger partial charge in [0, 0.05) is 13.1 Å². The minimum atomic E-state index is 0.377. The van der Waals surface area contributed by atoms with Crippen LogP contribution < -0.4 is 5.32 Å². The number of rotatable bonds is 7. The molecule has 2 nitrogen and oxygen atoms in total. The highest BCUT2D eigenvalue weighted by Crippen LogP contribution is 2.24. The third kappa shape index (κ3) is 5.80. The normalized spacial score (nSPS) is 18.0. The Morgan fingerprint density at radius 2 is 1.81 bits per heavy atom. The lowest BCUT2D eigenvalue weighted by Gasteiger charge is -2.37. The van der Waals surface area contributed by atoms with Gasteiger partial charge >= 0.3 is 0 Å².